The monoisotopic (exact) mass is 445 g/mol. The summed E-state index contributed by atoms with van der Waals surface area (Å²) in [6, 6.07) is 24.7. The molecule has 7 rings (SSSR count). The highest BCUT2D eigenvalue weighted by molar-refractivity contribution is 6.04. The van der Waals surface area contributed by atoms with Crippen LogP contribution < -0.4 is 16.0 Å². The molecule has 3 aromatic carbocycles. The highest BCUT2D eigenvalue weighted by Crippen LogP contribution is 2.58. The zero-order valence-electron chi connectivity index (χ0n) is 18.5. The zero-order valence-corrected chi connectivity index (χ0v) is 18.5. The molecule has 3 aliphatic rings. The van der Waals surface area contributed by atoms with Crippen LogP contribution in [0.4, 0.5) is 22.7 Å². The Morgan fingerprint density at radius 3 is 2.29 bits per heavy atom. The number of anilines is 4. The average molecular weight is 446 g/mol. The van der Waals surface area contributed by atoms with Crippen LogP contribution in [0.2, 0.25) is 0 Å². The lowest BCUT2D eigenvalue weighted by Gasteiger charge is -2.62. The maximum Gasteiger partial charge on any atom is 0.255 e. The number of pyridine rings is 1. The van der Waals surface area contributed by atoms with E-state index in [1.54, 1.807) is 24.4 Å². The number of aromatic nitrogens is 1. The van der Waals surface area contributed by atoms with Gasteiger partial charge in [-0.1, -0.05) is 0 Å². The van der Waals surface area contributed by atoms with Gasteiger partial charge in [0.1, 0.15) is 0 Å². The molecule has 2 bridgehead atoms. The van der Waals surface area contributed by atoms with Crippen molar-refractivity contribution in [3.8, 4) is 6.07 Å². The second kappa shape index (κ2) is 7.89. The third-order valence-corrected chi connectivity index (χ3v) is 6.89. The molecule has 1 amide bonds. The molecule has 6 nitrogen and oxygen atoms in total. The van der Waals surface area contributed by atoms with E-state index in [0.717, 1.165) is 39.6 Å². The largest absolute Gasteiger partial charge is 0.380 e. The van der Waals surface area contributed by atoms with Crippen LogP contribution >= 0.6 is 0 Å². The number of nitrogens with zero attached hydrogens (tertiary/aromatic N) is 2. The molecule has 0 radical (unpaired) electrons. The first-order valence-corrected chi connectivity index (χ1v) is 11.4. The van der Waals surface area contributed by atoms with Gasteiger partial charge in [0.25, 0.3) is 5.91 Å². The number of rotatable bonds is 6. The van der Waals surface area contributed by atoms with Crippen LogP contribution in [-0.4, -0.2) is 16.4 Å². The number of amides is 1. The predicted octanol–water partition coefficient (Wildman–Crippen LogP) is 6.07. The molecule has 0 aliphatic heterocycles. The van der Waals surface area contributed by atoms with Crippen LogP contribution in [0.3, 0.4) is 0 Å². The summed E-state index contributed by atoms with van der Waals surface area (Å²) in [7, 11) is 0. The van der Waals surface area contributed by atoms with Crippen molar-refractivity contribution in [1.29, 1.82) is 5.26 Å². The third-order valence-electron chi connectivity index (χ3n) is 6.89. The first kappa shape index (κ1) is 20.3. The highest BCUT2D eigenvalue weighted by atomic mass is 16.1. The van der Waals surface area contributed by atoms with Crippen molar-refractivity contribution < 1.29 is 4.79 Å². The van der Waals surface area contributed by atoms with Gasteiger partial charge < -0.3 is 16.0 Å². The van der Waals surface area contributed by atoms with Crippen molar-refractivity contribution in [2.45, 2.75) is 24.8 Å². The van der Waals surface area contributed by atoms with Crippen molar-refractivity contribution >= 4 is 39.6 Å². The zero-order chi connectivity index (χ0) is 23.1. The smallest absolute Gasteiger partial charge is 0.255 e. The molecular weight excluding hydrogens is 422 g/mol. The summed E-state index contributed by atoms with van der Waals surface area (Å²) in [5.41, 5.74) is 5.88. The molecule has 34 heavy (non-hydrogen) atoms. The maximum atomic E-state index is 12.7. The SMILES string of the molecule is N#Cc1ccc2nccc(Nc3ccc(C(=O)Nc4ccc(NC56CC(C5)C6)cc4)cc3)c2c1. The number of carbonyl (C=O) groups excluding carboxylic acids is 1. The lowest BCUT2D eigenvalue weighted by molar-refractivity contribution is 0.00214. The van der Waals surface area contributed by atoms with Crippen LogP contribution in [0.15, 0.2) is 79.0 Å². The first-order chi connectivity index (χ1) is 16.6. The minimum absolute atomic E-state index is 0.153. The van der Waals surface area contributed by atoms with Gasteiger partial charge in [0.15, 0.2) is 0 Å². The fourth-order valence-electron chi connectivity index (χ4n) is 4.96. The Morgan fingerprint density at radius 2 is 1.62 bits per heavy atom. The number of carbonyl (C=O) groups is 1. The van der Waals surface area contributed by atoms with E-state index in [4.69, 9.17) is 0 Å². The first-order valence-electron chi connectivity index (χ1n) is 11.4. The van der Waals surface area contributed by atoms with E-state index in [-0.39, 0.29) is 5.91 Å². The maximum absolute atomic E-state index is 12.7. The fourth-order valence-corrected chi connectivity index (χ4v) is 4.96. The Balaban J connectivity index is 1.12. The van der Waals surface area contributed by atoms with Crippen molar-refractivity contribution in [3.05, 3.63) is 90.1 Å². The second-order valence-corrected chi connectivity index (χ2v) is 9.32. The van der Waals surface area contributed by atoms with Crippen molar-refractivity contribution in [1.82, 2.24) is 4.98 Å². The van der Waals surface area contributed by atoms with Gasteiger partial charge in [-0.3, -0.25) is 9.78 Å². The van der Waals surface area contributed by atoms with Crippen LogP contribution in [-0.2, 0) is 0 Å². The van der Waals surface area contributed by atoms with E-state index in [1.807, 2.05) is 54.6 Å². The van der Waals surface area contributed by atoms with E-state index in [2.05, 4.69) is 27.0 Å². The van der Waals surface area contributed by atoms with Crippen LogP contribution in [0.1, 0.15) is 35.2 Å². The molecule has 0 saturated heterocycles. The molecule has 1 heterocycles. The molecule has 1 aromatic heterocycles. The number of benzene rings is 3. The summed E-state index contributed by atoms with van der Waals surface area (Å²) in [5.74, 6) is 0.785. The molecular formula is C28H23N5O. The van der Waals surface area contributed by atoms with Gasteiger partial charge in [-0.2, -0.15) is 5.26 Å². The van der Waals surface area contributed by atoms with E-state index < -0.39 is 0 Å². The lowest BCUT2D eigenvalue weighted by Crippen LogP contribution is -2.63. The molecule has 3 N–H and O–H groups in total. The average Bonchev–Trinajstić information content (AvgIpc) is 2.82. The van der Waals surface area contributed by atoms with Crippen LogP contribution in [0, 0.1) is 17.2 Å². The van der Waals surface area contributed by atoms with E-state index >= 15 is 0 Å². The van der Waals surface area contributed by atoms with Crippen molar-refractivity contribution in [3.63, 3.8) is 0 Å². The van der Waals surface area contributed by atoms with Crippen molar-refractivity contribution in [2.75, 3.05) is 16.0 Å². The number of nitriles is 1. The van der Waals surface area contributed by atoms with Crippen molar-refractivity contribution in [2.24, 2.45) is 5.92 Å². The summed E-state index contributed by atoms with van der Waals surface area (Å²) in [5, 5.41) is 20.0. The Kier molecular flexibility index (Phi) is 4.70. The summed E-state index contributed by atoms with van der Waals surface area (Å²) < 4.78 is 0. The van der Waals surface area contributed by atoms with Crippen LogP contribution in [0.25, 0.3) is 10.9 Å². The summed E-state index contributed by atoms with van der Waals surface area (Å²) in [6.07, 6.45) is 5.59. The highest BCUT2D eigenvalue weighted by Gasteiger charge is 2.56. The minimum atomic E-state index is -0.153. The van der Waals surface area contributed by atoms with Crippen LogP contribution in [0.5, 0.6) is 0 Å². The molecule has 3 saturated carbocycles. The Labute approximate surface area is 197 Å². The number of hydrogen-bond acceptors (Lipinski definition) is 5. The number of nitrogens with one attached hydrogen (secondary N) is 3. The molecule has 0 spiro atoms. The van der Waals surface area contributed by atoms with Gasteiger partial charge in [-0.25, -0.2) is 0 Å². The fraction of sp³-hybridized carbons (Fsp3) is 0.179. The van der Waals surface area contributed by atoms with Gasteiger partial charge in [0.2, 0.25) is 0 Å². The van der Waals surface area contributed by atoms with Gasteiger partial charge in [0, 0.05) is 45.4 Å². The molecule has 0 atom stereocenters. The molecule has 3 fully saturated rings. The Hall–Kier alpha value is -4.37. The van der Waals surface area contributed by atoms with Gasteiger partial charge in [-0.05, 0) is 98.0 Å². The summed E-state index contributed by atoms with van der Waals surface area (Å²) >= 11 is 0. The Bertz CT molecular complexity index is 1420. The topological polar surface area (TPSA) is 89.8 Å². The standard InChI is InChI=1S/C28H23N5O/c29-17-18-1-10-25-24(13-18)26(11-12-30-25)31-21-4-2-20(3-5-21)27(34)32-22-6-8-23(9-7-22)33-28-14-19(15-28)16-28/h1-13,19,33H,14-16H2,(H,30,31)(H,32,34). The lowest BCUT2D eigenvalue weighted by atomic mass is 9.50. The normalized spacial score (nSPS) is 19.9. The Morgan fingerprint density at radius 1 is 0.912 bits per heavy atom. The summed E-state index contributed by atoms with van der Waals surface area (Å²) in [4.78, 5) is 17.1. The molecule has 6 heteroatoms. The molecule has 3 aliphatic carbocycles. The number of hydrogen-bond donors (Lipinski definition) is 3. The van der Waals surface area contributed by atoms with E-state index in [1.165, 1.54) is 19.3 Å². The third kappa shape index (κ3) is 3.71. The van der Waals surface area contributed by atoms with E-state index in [0.29, 0.717) is 16.7 Å². The van der Waals surface area contributed by atoms with Gasteiger partial charge >= 0.3 is 0 Å². The molecule has 0 unspecified atom stereocenters. The molecule has 4 aromatic rings. The second-order valence-electron chi connectivity index (χ2n) is 9.32. The quantitative estimate of drug-likeness (QED) is 0.335. The van der Waals surface area contributed by atoms with Gasteiger partial charge in [0.05, 0.1) is 17.1 Å². The van der Waals surface area contributed by atoms with Gasteiger partial charge in [-0.15, -0.1) is 0 Å². The number of fused-ring (bicyclic) bond motifs is 1. The van der Waals surface area contributed by atoms with E-state index in [9.17, 15) is 10.1 Å². The minimum Gasteiger partial charge on any atom is -0.380 e. The predicted molar refractivity (Wildman–Crippen MR) is 134 cm³/mol. The summed E-state index contributed by atoms with van der Waals surface area (Å²) in [6.45, 7) is 0. The molecule has 166 valence electrons.